The maximum atomic E-state index is 8.54. The van der Waals surface area contributed by atoms with Crippen molar-refractivity contribution in [3.05, 3.63) is 12.4 Å². The Morgan fingerprint density at radius 3 is 3.06 bits per heavy atom. The zero-order valence-electron chi connectivity index (χ0n) is 9.37. The summed E-state index contributed by atoms with van der Waals surface area (Å²) < 4.78 is 1.77. The molecule has 0 amide bonds. The van der Waals surface area contributed by atoms with Crippen molar-refractivity contribution < 1.29 is 5.21 Å². The number of hydrogen-bond acceptors (Lipinski definition) is 5. The van der Waals surface area contributed by atoms with Gasteiger partial charge in [-0.15, -0.1) is 5.10 Å². The number of nitrogens with one attached hydrogen (secondary N) is 1. The van der Waals surface area contributed by atoms with Crippen molar-refractivity contribution in [2.24, 2.45) is 10.9 Å². The van der Waals surface area contributed by atoms with E-state index in [4.69, 9.17) is 10.9 Å². The van der Waals surface area contributed by atoms with Gasteiger partial charge in [0.25, 0.3) is 0 Å². The van der Waals surface area contributed by atoms with Crippen molar-refractivity contribution in [1.29, 1.82) is 0 Å². The van der Waals surface area contributed by atoms with Crippen LogP contribution < -0.4 is 11.1 Å². The monoisotopic (exact) mass is 226 g/mol. The van der Waals surface area contributed by atoms with Gasteiger partial charge < -0.3 is 16.3 Å². The van der Waals surface area contributed by atoms with E-state index in [1.807, 2.05) is 13.1 Å². The predicted octanol–water partition coefficient (Wildman–Crippen LogP) is -0.217. The molecule has 0 fully saturated rings. The van der Waals surface area contributed by atoms with Gasteiger partial charge in [0.05, 0.1) is 12.2 Å². The molecule has 1 rings (SSSR count). The minimum atomic E-state index is -0.0688. The van der Waals surface area contributed by atoms with E-state index < -0.39 is 0 Å². The predicted molar refractivity (Wildman–Crippen MR) is 60.1 cm³/mol. The van der Waals surface area contributed by atoms with Crippen LogP contribution in [0.3, 0.4) is 0 Å². The topological polar surface area (TPSA) is 101 Å². The van der Waals surface area contributed by atoms with Crippen molar-refractivity contribution in [1.82, 2.24) is 20.3 Å². The molecule has 1 unspecified atom stereocenters. The summed E-state index contributed by atoms with van der Waals surface area (Å²) in [6.07, 6.45) is 5.18. The lowest BCUT2D eigenvalue weighted by Gasteiger charge is -2.14. The zero-order valence-corrected chi connectivity index (χ0v) is 9.37. The summed E-state index contributed by atoms with van der Waals surface area (Å²) in [6.45, 7) is 3.57. The first kappa shape index (κ1) is 12.4. The first-order chi connectivity index (χ1) is 7.77. The van der Waals surface area contributed by atoms with E-state index in [-0.39, 0.29) is 11.9 Å². The minimum Gasteiger partial charge on any atom is -0.409 e. The normalized spacial score (nSPS) is 13.9. The van der Waals surface area contributed by atoms with E-state index in [9.17, 15) is 0 Å². The largest absolute Gasteiger partial charge is 0.409 e. The van der Waals surface area contributed by atoms with Crippen molar-refractivity contribution in [3.63, 3.8) is 0 Å². The molecule has 1 atom stereocenters. The first-order valence-electron chi connectivity index (χ1n) is 5.32. The number of aryl methyl sites for hydroxylation is 1. The Morgan fingerprint density at radius 1 is 1.69 bits per heavy atom. The highest BCUT2D eigenvalue weighted by Crippen LogP contribution is 1.92. The molecule has 0 aliphatic rings. The standard InChI is InChI=1S/C9H18N6O/c1-2-8(9(10)13-16)11-4-3-6-15-7-5-12-14-15/h5,7-8,11,16H,2-4,6H2,1H3,(H2,10,13). The van der Waals surface area contributed by atoms with E-state index in [1.165, 1.54) is 0 Å². The van der Waals surface area contributed by atoms with Crippen LogP contribution in [0, 0.1) is 0 Å². The molecule has 90 valence electrons. The number of oxime groups is 1. The molecule has 0 aliphatic carbocycles. The Hall–Kier alpha value is -1.63. The molecule has 1 aromatic heterocycles. The maximum absolute atomic E-state index is 8.54. The first-order valence-corrected chi connectivity index (χ1v) is 5.32. The van der Waals surface area contributed by atoms with Gasteiger partial charge in [-0.25, -0.2) is 0 Å². The van der Waals surface area contributed by atoms with Gasteiger partial charge >= 0.3 is 0 Å². The fourth-order valence-electron chi connectivity index (χ4n) is 1.40. The second-order valence-electron chi connectivity index (χ2n) is 3.46. The molecular formula is C9H18N6O. The second kappa shape index (κ2) is 6.78. The molecule has 1 heterocycles. The van der Waals surface area contributed by atoms with E-state index in [1.54, 1.807) is 10.9 Å². The number of aromatic nitrogens is 3. The molecule has 0 aromatic carbocycles. The van der Waals surface area contributed by atoms with Crippen LogP contribution in [-0.2, 0) is 6.54 Å². The highest BCUT2D eigenvalue weighted by molar-refractivity contribution is 5.85. The fraction of sp³-hybridized carbons (Fsp3) is 0.667. The second-order valence-corrected chi connectivity index (χ2v) is 3.46. The summed E-state index contributed by atoms with van der Waals surface area (Å²) in [7, 11) is 0. The summed E-state index contributed by atoms with van der Waals surface area (Å²) in [6, 6.07) is -0.0688. The van der Waals surface area contributed by atoms with Crippen LogP contribution in [0.15, 0.2) is 17.5 Å². The lowest BCUT2D eigenvalue weighted by atomic mass is 10.2. The van der Waals surface area contributed by atoms with Crippen LogP contribution in [0.1, 0.15) is 19.8 Å². The van der Waals surface area contributed by atoms with Crippen molar-refractivity contribution in [3.8, 4) is 0 Å². The number of rotatable bonds is 7. The molecule has 4 N–H and O–H groups in total. The highest BCUT2D eigenvalue weighted by atomic mass is 16.4. The summed E-state index contributed by atoms with van der Waals surface area (Å²) in [5.74, 6) is 0.225. The van der Waals surface area contributed by atoms with E-state index in [0.717, 1.165) is 25.9 Å². The fourth-order valence-corrected chi connectivity index (χ4v) is 1.40. The van der Waals surface area contributed by atoms with Gasteiger partial charge in [-0.05, 0) is 19.4 Å². The van der Waals surface area contributed by atoms with Gasteiger partial charge in [-0.1, -0.05) is 17.3 Å². The SMILES string of the molecule is CCC(NCCCn1ccnn1)/C(N)=N/O. The third kappa shape index (κ3) is 3.85. The average molecular weight is 226 g/mol. The van der Waals surface area contributed by atoms with Gasteiger partial charge in [0.2, 0.25) is 0 Å². The molecule has 0 radical (unpaired) electrons. The molecule has 1 aromatic rings. The van der Waals surface area contributed by atoms with Gasteiger partial charge in [0, 0.05) is 12.7 Å². The molecule has 0 bridgehead atoms. The van der Waals surface area contributed by atoms with Gasteiger partial charge in [-0.2, -0.15) is 0 Å². The summed E-state index contributed by atoms with van der Waals surface area (Å²) in [5, 5.41) is 22.3. The minimum absolute atomic E-state index is 0.0688. The Labute approximate surface area is 94.3 Å². The number of nitrogens with zero attached hydrogens (tertiary/aromatic N) is 4. The van der Waals surface area contributed by atoms with E-state index >= 15 is 0 Å². The third-order valence-electron chi connectivity index (χ3n) is 2.31. The molecule has 0 aliphatic heterocycles. The van der Waals surface area contributed by atoms with Crippen LogP contribution in [0.4, 0.5) is 0 Å². The highest BCUT2D eigenvalue weighted by Gasteiger charge is 2.09. The van der Waals surface area contributed by atoms with Crippen molar-refractivity contribution >= 4 is 5.84 Å². The zero-order chi connectivity index (χ0) is 11.8. The molecule has 7 heteroatoms. The van der Waals surface area contributed by atoms with Crippen molar-refractivity contribution in [2.75, 3.05) is 6.54 Å². The molecule has 16 heavy (non-hydrogen) atoms. The number of amidine groups is 1. The quantitative estimate of drug-likeness (QED) is 0.196. The van der Waals surface area contributed by atoms with Crippen LogP contribution >= 0.6 is 0 Å². The lowest BCUT2D eigenvalue weighted by Crippen LogP contribution is -2.41. The summed E-state index contributed by atoms with van der Waals surface area (Å²) >= 11 is 0. The van der Waals surface area contributed by atoms with Gasteiger partial charge in [0.1, 0.15) is 0 Å². The summed E-state index contributed by atoms with van der Waals surface area (Å²) in [5.41, 5.74) is 5.51. The Balaban J connectivity index is 2.19. The molecule has 0 saturated heterocycles. The average Bonchev–Trinajstić information content (AvgIpc) is 2.81. The van der Waals surface area contributed by atoms with Crippen LogP contribution in [0.5, 0.6) is 0 Å². The number of nitrogens with two attached hydrogens (primary N) is 1. The molecule has 0 saturated carbocycles. The number of hydrogen-bond donors (Lipinski definition) is 3. The van der Waals surface area contributed by atoms with E-state index in [0.29, 0.717) is 0 Å². The van der Waals surface area contributed by atoms with Crippen LogP contribution in [0.25, 0.3) is 0 Å². The van der Waals surface area contributed by atoms with Crippen molar-refractivity contribution in [2.45, 2.75) is 32.4 Å². The van der Waals surface area contributed by atoms with Crippen LogP contribution in [0.2, 0.25) is 0 Å². The Kier molecular flexibility index (Phi) is 5.27. The summed E-state index contributed by atoms with van der Waals surface area (Å²) in [4.78, 5) is 0. The van der Waals surface area contributed by atoms with Gasteiger partial charge in [0.15, 0.2) is 5.84 Å². The smallest absolute Gasteiger partial charge is 0.156 e. The molecule has 7 nitrogen and oxygen atoms in total. The van der Waals surface area contributed by atoms with Crippen LogP contribution in [-0.4, -0.2) is 38.6 Å². The Bertz CT molecular complexity index is 310. The van der Waals surface area contributed by atoms with E-state index in [2.05, 4.69) is 20.8 Å². The lowest BCUT2D eigenvalue weighted by molar-refractivity contribution is 0.314. The third-order valence-corrected chi connectivity index (χ3v) is 2.31. The maximum Gasteiger partial charge on any atom is 0.156 e. The van der Waals surface area contributed by atoms with Gasteiger partial charge in [-0.3, -0.25) is 4.68 Å². The Morgan fingerprint density at radius 2 is 2.50 bits per heavy atom. The molecular weight excluding hydrogens is 208 g/mol. The molecule has 0 spiro atoms.